The van der Waals surface area contributed by atoms with Crippen LogP contribution >= 0.6 is 12.6 Å². The van der Waals surface area contributed by atoms with Gasteiger partial charge in [0, 0.05) is 11.8 Å². The molecule has 1 unspecified atom stereocenters. The summed E-state index contributed by atoms with van der Waals surface area (Å²) < 4.78 is 0. The molecule has 7 heteroatoms. The fraction of sp³-hybridized carbons (Fsp3) is 0.750. The quantitative estimate of drug-likeness (QED) is 0.596. The van der Waals surface area contributed by atoms with E-state index in [0.29, 0.717) is 18.6 Å². The summed E-state index contributed by atoms with van der Waals surface area (Å²) in [5.41, 5.74) is -0.924. The van der Waals surface area contributed by atoms with Crippen molar-refractivity contribution in [1.82, 2.24) is 9.80 Å². The fourth-order valence-electron chi connectivity index (χ4n) is 3.01. The van der Waals surface area contributed by atoms with Gasteiger partial charge in [0.1, 0.15) is 12.1 Å². The Morgan fingerprint density at radius 2 is 2.00 bits per heavy atom. The normalized spacial score (nSPS) is 23.5. The minimum Gasteiger partial charge on any atom is -0.480 e. The lowest BCUT2D eigenvalue weighted by atomic mass is 9.95. The highest BCUT2D eigenvalue weighted by Gasteiger charge is 2.59. The lowest BCUT2D eigenvalue weighted by Crippen LogP contribution is -2.49. The molecule has 2 rings (SSSR count). The van der Waals surface area contributed by atoms with Crippen molar-refractivity contribution in [2.24, 2.45) is 0 Å². The van der Waals surface area contributed by atoms with Crippen LogP contribution in [0.3, 0.4) is 0 Å². The molecule has 0 aromatic rings. The average molecular weight is 286 g/mol. The van der Waals surface area contributed by atoms with Gasteiger partial charge < -0.3 is 5.11 Å². The first-order valence-electron chi connectivity index (χ1n) is 6.42. The molecule has 1 aliphatic carbocycles. The van der Waals surface area contributed by atoms with Gasteiger partial charge in [-0.25, -0.2) is 4.79 Å². The van der Waals surface area contributed by atoms with Gasteiger partial charge in [-0.3, -0.25) is 19.4 Å². The monoisotopic (exact) mass is 286 g/mol. The minimum atomic E-state index is -1.09. The number of carbonyl (C=O) groups excluding carboxylic acids is 2. The van der Waals surface area contributed by atoms with Crippen LogP contribution in [0, 0.1) is 0 Å². The van der Waals surface area contributed by atoms with E-state index in [1.807, 2.05) is 0 Å². The van der Waals surface area contributed by atoms with Gasteiger partial charge in [-0.15, -0.1) is 0 Å². The SMILES string of the molecule is CC(CS)N1C(=O)N(CC(=O)O)C2(CCCC2)C1=O. The highest BCUT2D eigenvalue weighted by Crippen LogP contribution is 2.42. The van der Waals surface area contributed by atoms with Gasteiger partial charge in [0.15, 0.2) is 0 Å². The molecule has 1 atom stereocenters. The van der Waals surface area contributed by atoms with Crippen molar-refractivity contribution in [2.45, 2.75) is 44.2 Å². The third-order valence-corrected chi connectivity index (χ3v) is 4.53. The molecule has 2 aliphatic rings. The summed E-state index contributed by atoms with van der Waals surface area (Å²) in [5.74, 6) is -0.973. The number of amides is 3. The molecule has 0 aromatic heterocycles. The Balaban J connectivity index is 2.37. The molecule has 1 spiro atoms. The maximum absolute atomic E-state index is 12.6. The second kappa shape index (κ2) is 5.03. The number of hydrogen-bond acceptors (Lipinski definition) is 4. The Morgan fingerprint density at radius 1 is 1.42 bits per heavy atom. The number of thiol groups is 1. The van der Waals surface area contributed by atoms with Crippen molar-refractivity contribution in [1.29, 1.82) is 0 Å². The molecule has 6 nitrogen and oxygen atoms in total. The number of aliphatic carboxylic acids is 1. The third kappa shape index (κ3) is 2.09. The second-order valence-corrected chi connectivity index (χ2v) is 5.57. The molecule has 1 N–H and O–H groups in total. The van der Waals surface area contributed by atoms with E-state index in [-0.39, 0.29) is 11.9 Å². The standard InChI is InChI=1S/C12H18N2O4S/c1-8(7-19)14-10(17)12(4-2-3-5-12)13(11(14)18)6-9(15)16/h8,19H,2-7H2,1H3,(H,15,16). The predicted molar refractivity (Wildman–Crippen MR) is 71.1 cm³/mol. The molecule has 1 heterocycles. The van der Waals surface area contributed by atoms with Gasteiger partial charge in [0.05, 0.1) is 0 Å². The topological polar surface area (TPSA) is 77.9 Å². The molecule has 0 radical (unpaired) electrons. The van der Waals surface area contributed by atoms with Gasteiger partial charge in [0.2, 0.25) is 0 Å². The van der Waals surface area contributed by atoms with Crippen molar-refractivity contribution < 1.29 is 19.5 Å². The Labute approximate surface area is 117 Å². The molecule has 19 heavy (non-hydrogen) atoms. The first-order valence-corrected chi connectivity index (χ1v) is 7.05. The van der Waals surface area contributed by atoms with Crippen LogP contribution in [0.25, 0.3) is 0 Å². The highest BCUT2D eigenvalue weighted by molar-refractivity contribution is 7.80. The number of imide groups is 1. The van der Waals surface area contributed by atoms with E-state index in [9.17, 15) is 14.4 Å². The van der Waals surface area contributed by atoms with E-state index in [2.05, 4.69) is 12.6 Å². The molecule has 1 aliphatic heterocycles. The summed E-state index contributed by atoms with van der Waals surface area (Å²) >= 11 is 4.12. The Hall–Kier alpha value is -1.24. The number of rotatable bonds is 4. The zero-order chi connectivity index (χ0) is 14.2. The Bertz CT molecular complexity index is 420. The van der Waals surface area contributed by atoms with Gasteiger partial charge in [-0.05, 0) is 19.8 Å². The van der Waals surface area contributed by atoms with Gasteiger partial charge in [0.25, 0.3) is 5.91 Å². The lowest BCUT2D eigenvalue weighted by molar-refractivity contribution is -0.140. The van der Waals surface area contributed by atoms with Crippen LogP contribution in [0.4, 0.5) is 4.79 Å². The summed E-state index contributed by atoms with van der Waals surface area (Å²) in [6.45, 7) is 1.33. The number of carboxylic acids is 1. The summed E-state index contributed by atoms with van der Waals surface area (Å²) in [5, 5.41) is 8.96. The number of urea groups is 1. The van der Waals surface area contributed by atoms with Crippen LogP contribution in [0.5, 0.6) is 0 Å². The van der Waals surface area contributed by atoms with Crippen LogP contribution in [-0.4, -0.2) is 56.7 Å². The van der Waals surface area contributed by atoms with Gasteiger partial charge >= 0.3 is 12.0 Å². The lowest BCUT2D eigenvalue weighted by Gasteiger charge is -2.29. The average Bonchev–Trinajstić information content (AvgIpc) is 2.91. The first kappa shape index (κ1) is 14.2. The molecular formula is C12H18N2O4S. The van der Waals surface area contributed by atoms with Crippen LogP contribution in [0.1, 0.15) is 32.6 Å². The minimum absolute atomic E-state index is 0.252. The maximum atomic E-state index is 12.6. The summed E-state index contributed by atoms with van der Waals surface area (Å²) in [6, 6.07) is -0.810. The molecule has 0 bridgehead atoms. The molecule has 1 saturated heterocycles. The van der Waals surface area contributed by atoms with E-state index in [1.165, 1.54) is 9.80 Å². The van der Waals surface area contributed by atoms with E-state index in [0.717, 1.165) is 12.8 Å². The zero-order valence-corrected chi connectivity index (χ0v) is 11.7. The molecule has 1 saturated carbocycles. The molecule has 2 fully saturated rings. The Morgan fingerprint density at radius 3 is 2.47 bits per heavy atom. The largest absolute Gasteiger partial charge is 0.480 e. The van der Waals surface area contributed by atoms with Crippen molar-refractivity contribution in [3.05, 3.63) is 0 Å². The van der Waals surface area contributed by atoms with Crippen LogP contribution < -0.4 is 0 Å². The summed E-state index contributed by atoms with van der Waals surface area (Å²) in [7, 11) is 0. The maximum Gasteiger partial charge on any atom is 0.328 e. The van der Waals surface area contributed by atoms with E-state index < -0.39 is 24.1 Å². The van der Waals surface area contributed by atoms with Crippen LogP contribution in [0.2, 0.25) is 0 Å². The Kier molecular flexibility index (Phi) is 3.75. The fourth-order valence-corrected chi connectivity index (χ4v) is 3.17. The van der Waals surface area contributed by atoms with E-state index in [4.69, 9.17) is 5.11 Å². The number of carbonyl (C=O) groups is 3. The summed E-state index contributed by atoms with van der Waals surface area (Å²) in [6.07, 6.45) is 2.80. The van der Waals surface area contributed by atoms with Crippen LogP contribution in [-0.2, 0) is 9.59 Å². The number of nitrogens with zero attached hydrogens (tertiary/aromatic N) is 2. The van der Waals surface area contributed by atoms with Crippen LogP contribution in [0.15, 0.2) is 0 Å². The van der Waals surface area contributed by atoms with Crippen molar-refractivity contribution in [2.75, 3.05) is 12.3 Å². The van der Waals surface area contributed by atoms with Gasteiger partial charge in [-0.2, -0.15) is 12.6 Å². The third-order valence-electron chi connectivity index (χ3n) is 4.00. The molecule has 0 aromatic carbocycles. The van der Waals surface area contributed by atoms with E-state index in [1.54, 1.807) is 6.92 Å². The highest BCUT2D eigenvalue weighted by atomic mass is 32.1. The summed E-state index contributed by atoms with van der Waals surface area (Å²) in [4.78, 5) is 38.3. The van der Waals surface area contributed by atoms with Gasteiger partial charge in [-0.1, -0.05) is 12.8 Å². The van der Waals surface area contributed by atoms with Crippen molar-refractivity contribution >= 4 is 30.5 Å². The van der Waals surface area contributed by atoms with E-state index >= 15 is 0 Å². The molecule has 3 amide bonds. The second-order valence-electron chi connectivity index (χ2n) is 5.21. The number of hydrogen-bond donors (Lipinski definition) is 2. The smallest absolute Gasteiger partial charge is 0.328 e. The predicted octanol–water partition coefficient (Wildman–Crippen LogP) is 0.966. The zero-order valence-electron chi connectivity index (χ0n) is 10.8. The molecular weight excluding hydrogens is 268 g/mol. The number of carboxylic acid groups (broad SMARTS) is 1. The van der Waals surface area contributed by atoms with Crippen molar-refractivity contribution in [3.63, 3.8) is 0 Å². The first-order chi connectivity index (χ1) is 8.94. The molecule has 106 valence electrons. The van der Waals surface area contributed by atoms with Crippen molar-refractivity contribution in [3.8, 4) is 0 Å².